The summed E-state index contributed by atoms with van der Waals surface area (Å²) < 4.78 is 0. The van der Waals surface area contributed by atoms with E-state index in [1.54, 1.807) is 0 Å². The standard InChI is InChI=1S/C23H34N4O2/c1-26-9-11-27(12-10-26)23(29)17-7-5-16(6-8-17)15-25-22(28)20-13-18-3-2-4-19(14-20)21(18)24/h5-8,18-21H,2-4,9-15,24H2,1H3,(H,25,28). The predicted molar refractivity (Wildman–Crippen MR) is 113 cm³/mol. The Morgan fingerprint density at radius 1 is 1.03 bits per heavy atom. The molecular weight excluding hydrogens is 364 g/mol. The average Bonchev–Trinajstić information content (AvgIpc) is 2.72. The number of rotatable bonds is 4. The molecule has 6 heteroatoms. The highest BCUT2D eigenvalue weighted by molar-refractivity contribution is 5.94. The molecule has 158 valence electrons. The smallest absolute Gasteiger partial charge is 0.253 e. The van der Waals surface area contributed by atoms with Gasteiger partial charge in [-0.2, -0.15) is 0 Å². The van der Waals surface area contributed by atoms with Crippen LogP contribution >= 0.6 is 0 Å². The molecule has 6 nitrogen and oxygen atoms in total. The van der Waals surface area contributed by atoms with Crippen molar-refractivity contribution in [3.8, 4) is 0 Å². The van der Waals surface area contributed by atoms with Crippen molar-refractivity contribution in [1.29, 1.82) is 0 Å². The maximum absolute atomic E-state index is 12.7. The molecule has 4 rings (SSSR count). The van der Waals surface area contributed by atoms with E-state index in [1.165, 1.54) is 19.3 Å². The zero-order valence-electron chi connectivity index (χ0n) is 17.5. The van der Waals surface area contributed by atoms with Crippen LogP contribution in [0.4, 0.5) is 0 Å². The highest BCUT2D eigenvalue weighted by Gasteiger charge is 2.40. The fourth-order valence-electron chi connectivity index (χ4n) is 5.29. The summed E-state index contributed by atoms with van der Waals surface area (Å²) >= 11 is 0. The van der Waals surface area contributed by atoms with Crippen molar-refractivity contribution in [3.05, 3.63) is 35.4 Å². The van der Waals surface area contributed by atoms with E-state index in [0.717, 1.165) is 50.1 Å². The molecule has 0 spiro atoms. The number of hydrogen-bond acceptors (Lipinski definition) is 4. The van der Waals surface area contributed by atoms with Crippen molar-refractivity contribution >= 4 is 11.8 Å². The summed E-state index contributed by atoms with van der Waals surface area (Å²) in [6.07, 6.45) is 5.47. The van der Waals surface area contributed by atoms with E-state index in [-0.39, 0.29) is 23.8 Å². The Labute approximate surface area is 173 Å². The van der Waals surface area contributed by atoms with Gasteiger partial charge in [0.1, 0.15) is 0 Å². The lowest BCUT2D eigenvalue weighted by atomic mass is 9.65. The predicted octanol–water partition coefficient (Wildman–Crippen LogP) is 1.84. The third kappa shape index (κ3) is 4.64. The van der Waals surface area contributed by atoms with E-state index in [0.29, 0.717) is 18.4 Å². The van der Waals surface area contributed by atoms with E-state index < -0.39 is 0 Å². The van der Waals surface area contributed by atoms with E-state index >= 15 is 0 Å². The average molecular weight is 399 g/mol. The van der Waals surface area contributed by atoms with Crippen LogP contribution in [0, 0.1) is 17.8 Å². The summed E-state index contributed by atoms with van der Waals surface area (Å²) in [5, 5.41) is 3.11. The molecule has 2 amide bonds. The Balaban J connectivity index is 1.28. The molecule has 1 aliphatic heterocycles. The SMILES string of the molecule is CN1CCN(C(=O)c2ccc(CNC(=O)C3CC4CCCC(C3)C4N)cc2)CC1. The van der Waals surface area contributed by atoms with Crippen LogP contribution in [0.5, 0.6) is 0 Å². The number of hydrogen-bond donors (Lipinski definition) is 2. The number of nitrogens with one attached hydrogen (secondary N) is 1. The van der Waals surface area contributed by atoms with Crippen molar-refractivity contribution in [3.63, 3.8) is 0 Å². The van der Waals surface area contributed by atoms with Crippen molar-refractivity contribution in [2.24, 2.45) is 23.5 Å². The van der Waals surface area contributed by atoms with Crippen LogP contribution in [-0.4, -0.2) is 60.9 Å². The van der Waals surface area contributed by atoms with Gasteiger partial charge in [0.05, 0.1) is 0 Å². The Morgan fingerprint density at radius 2 is 1.66 bits per heavy atom. The van der Waals surface area contributed by atoms with Gasteiger partial charge in [0.25, 0.3) is 5.91 Å². The molecule has 1 aromatic carbocycles. The second kappa shape index (κ2) is 8.84. The first-order valence-corrected chi connectivity index (χ1v) is 11.1. The molecule has 2 unspecified atom stereocenters. The highest BCUT2D eigenvalue weighted by Crippen LogP contribution is 2.41. The van der Waals surface area contributed by atoms with E-state index in [9.17, 15) is 9.59 Å². The molecule has 0 radical (unpaired) electrons. The van der Waals surface area contributed by atoms with E-state index in [4.69, 9.17) is 5.73 Å². The molecular formula is C23H34N4O2. The first kappa shape index (κ1) is 20.4. The third-order valence-corrected chi connectivity index (χ3v) is 7.24. The van der Waals surface area contributed by atoms with Gasteiger partial charge in [-0.05, 0) is 62.3 Å². The van der Waals surface area contributed by atoms with Gasteiger partial charge in [-0.15, -0.1) is 0 Å². The fraction of sp³-hybridized carbons (Fsp3) is 0.652. The molecule has 1 saturated heterocycles. The van der Waals surface area contributed by atoms with Crippen LogP contribution in [0.1, 0.15) is 48.0 Å². The number of nitrogens with zero attached hydrogens (tertiary/aromatic N) is 2. The summed E-state index contributed by atoms with van der Waals surface area (Å²) in [7, 11) is 2.08. The summed E-state index contributed by atoms with van der Waals surface area (Å²) in [6.45, 7) is 3.91. The van der Waals surface area contributed by atoms with Crippen LogP contribution in [0.25, 0.3) is 0 Å². The molecule has 0 aromatic heterocycles. The van der Waals surface area contributed by atoms with Crippen molar-refractivity contribution in [2.45, 2.75) is 44.7 Å². The summed E-state index contributed by atoms with van der Waals surface area (Å²) in [4.78, 5) is 29.5. The zero-order valence-corrected chi connectivity index (χ0v) is 17.5. The topological polar surface area (TPSA) is 78.7 Å². The maximum Gasteiger partial charge on any atom is 0.253 e. The minimum Gasteiger partial charge on any atom is -0.352 e. The number of carbonyl (C=O) groups excluding carboxylic acids is 2. The number of amides is 2. The fourth-order valence-corrected chi connectivity index (χ4v) is 5.29. The minimum absolute atomic E-state index is 0.0961. The van der Waals surface area contributed by atoms with Gasteiger partial charge in [-0.25, -0.2) is 0 Å². The van der Waals surface area contributed by atoms with Crippen LogP contribution in [0.3, 0.4) is 0 Å². The normalized spacial score (nSPS) is 30.1. The highest BCUT2D eigenvalue weighted by atomic mass is 16.2. The van der Waals surface area contributed by atoms with Gasteiger partial charge in [-0.1, -0.05) is 18.6 Å². The number of piperazine rings is 1. The van der Waals surface area contributed by atoms with Crippen LogP contribution in [0.15, 0.2) is 24.3 Å². The third-order valence-electron chi connectivity index (χ3n) is 7.24. The molecule has 3 fully saturated rings. The minimum atomic E-state index is 0.0961. The Hall–Kier alpha value is -1.92. The lowest BCUT2D eigenvalue weighted by Gasteiger charge is -2.43. The first-order chi connectivity index (χ1) is 14.0. The molecule has 1 heterocycles. The molecule has 1 aromatic rings. The molecule has 2 saturated carbocycles. The summed E-state index contributed by atoms with van der Waals surface area (Å²) in [6, 6.07) is 7.96. The second-order valence-electron chi connectivity index (χ2n) is 9.21. The van der Waals surface area contributed by atoms with Crippen molar-refractivity contribution < 1.29 is 9.59 Å². The Kier molecular flexibility index (Phi) is 6.20. The Morgan fingerprint density at radius 3 is 2.28 bits per heavy atom. The molecule has 2 atom stereocenters. The quantitative estimate of drug-likeness (QED) is 0.811. The monoisotopic (exact) mass is 398 g/mol. The van der Waals surface area contributed by atoms with Crippen LogP contribution in [-0.2, 0) is 11.3 Å². The lowest BCUT2D eigenvalue weighted by molar-refractivity contribution is -0.128. The zero-order chi connectivity index (χ0) is 20.4. The van der Waals surface area contributed by atoms with Crippen molar-refractivity contribution in [2.75, 3.05) is 33.2 Å². The van der Waals surface area contributed by atoms with Gasteiger partial charge < -0.3 is 20.9 Å². The summed E-state index contributed by atoms with van der Waals surface area (Å²) in [5.74, 6) is 1.38. The molecule has 2 bridgehead atoms. The number of likely N-dealkylation sites (N-methyl/N-ethyl adjacent to an activating group) is 1. The molecule has 3 aliphatic rings. The first-order valence-electron chi connectivity index (χ1n) is 11.1. The number of benzene rings is 1. The van der Waals surface area contributed by atoms with Crippen LogP contribution in [0.2, 0.25) is 0 Å². The van der Waals surface area contributed by atoms with Gasteiger partial charge >= 0.3 is 0 Å². The second-order valence-corrected chi connectivity index (χ2v) is 9.21. The number of nitrogens with two attached hydrogens (primary N) is 1. The van der Waals surface area contributed by atoms with Gasteiger partial charge in [0.2, 0.25) is 5.91 Å². The van der Waals surface area contributed by atoms with E-state index in [2.05, 4.69) is 17.3 Å². The van der Waals surface area contributed by atoms with Crippen molar-refractivity contribution in [1.82, 2.24) is 15.1 Å². The largest absolute Gasteiger partial charge is 0.352 e. The maximum atomic E-state index is 12.7. The molecule has 29 heavy (non-hydrogen) atoms. The van der Waals surface area contributed by atoms with Gasteiger partial charge in [0, 0.05) is 50.2 Å². The van der Waals surface area contributed by atoms with Crippen LogP contribution < -0.4 is 11.1 Å². The van der Waals surface area contributed by atoms with E-state index in [1.807, 2.05) is 29.2 Å². The molecule has 2 aliphatic carbocycles. The lowest BCUT2D eigenvalue weighted by Crippen LogP contribution is -2.49. The summed E-state index contributed by atoms with van der Waals surface area (Å²) in [5.41, 5.74) is 8.10. The Bertz CT molecular complexity index is 713. The molecule has 3 N–H and O–H groups in total. The number of carbonyl (C=O) groups is 2. The van der Waals surface area contributed by atoms with Gasteiger partial charge in [0.15, 0.2) is 0 Å². The van der Waals surface area contributed by atoms with Gasteiger partial charge in [-0.3, -0.25) is 9.59 Å². The number of fused-ring (bicyclic) bond motifs is 2.